The van der Waals surface area contributed by atoms with Gasteiger partial charge in [0.15, 0.2) is 0 Å². The van der Waals surface area contributed by atoms with Gasteiger partial charge in [0.2, 0.25) is 0 Å². The zero-order valence-electron chi connectivity index (χ0n) is 9.72. The van der Waals surface area contributed by atoms with Crippen molar-refractivity contribution in [1.82, 2.24) is 0 Å². The van der Waals surface area contributed by atoms with Gasteiger partial charge in [0.25, 0.3) is 0 Å². The van der Waals surface area contributed by atoms with Gasteiger partial charge in [0, 0.05) is 5.56 Å². The van der Waals surface area contributed by atoms with Crippen molar-refractivity contribution in [3.05, 3.63) is 54.1 Å². The summed E-state index contributed by atoms with van der Waals surface area (Å²) >= 11 is 0. The first-order valence-corrected chi connectivity index (χ1v) is 5.62. The molecule has 0 fully saturated rings. The van der Waals surface area contributed by atoms with Gasteiger partial charge in [-0.2, -0.15) is 0 Å². The molecule has 17 heavy (non-hydrogen) atoms. The third-order valence-electron chi connectivity index (χ3n) is 2.48. The number of aldehydes is 1. The second kappa shape index (κ2) is 5.30. The van der Waals surface area contributed by atoms with Crippen LogP contribution in [0.4, 0.5) is 0 Å². The maximum Gasteiger partial charge on any atom is 0.150 e. The van der Waals surface area contributed by atoms with Crippen molar-refractivity contribution in [1.29, 1.82) is 0 Å². The monoisotopic (exact) mass is 226 g/mol. The van der Waals surface area contributed by atoms with E-state index in [-0.39, 0.29) is 0 Å². The first-order chi connectivity index (χ1) is 8.33. The van der Waals surface area contributed by atoms with Crippen LogP contribution in [0.25, 0.3) is 11.1 Å². The Morgan fingerprint density at radius 3 is 2.47 bits per heavy atom. The molecule has 2 aromatic rings. The van der Waals surface area contributed by atoms with E-state index < -0.39 is 0 Å². The molecule has 0 amide bonds. The molecule has 86 valence electrons. The van der Waals surface area contributed by atoms with Crippen LogP contribution in [-0.2, 0) is 0 Å². The zero-order valence-corrected chi connectivity index (χ0v) is 9.72. The minimum Gasteiger partial charge on any atom is -0.494 e. The lowest BCUT2D eigenvalue weighted by Crippen LogP contribution is -1.93. The van der Waals surface area contributed by atoms with Crippen molar-refractivity contribution in [2.75, 3.05) is 6.61 Å². The molecule has 0 atom stereocenters. The zero-order chi connectivity index (χ0) is 12.1. The number of hydrogen-bond donors (Lipinski definition) is 0. The summed E-state index contributed by atoms with van der Waals surface area (Å²) in [6, 6.07) is 15.5. The van der Waals surface area contributed by atoms with Crippen LogP contribution < -0.4 is 4.74 Å². The third-order valence-corrected chi connectivity index (χ3v) is 2.48. The Morgan fingerprint density at radius 2 is 1.82 bits per heavy atom. The first-order valence-electron chi connectivity index (χ1n) is 5.62. The second-order valence-corrected chi connectivity index (χ2v) is 3.71. The van der Waals surface area contributed by atoms with Crippen LogP contribution in [0.15, 0.2) is 48.5 Å². The number of ether oxygens (including phenoxy) is 1. The maximum absolute atomic E-state index is 10.9. The summed E-state index contributed by atoms with van der Waals surface area (Å²) in [4.78, 5) is 10.9. The maximum atomic E-state index is 10.9. The first kappa shape index (κ1) is 11.4. The highest BCUT2D eigenvalue weighted by Gasteiger charge is 2.03. The van der Waals surface area contributed by atoms with E-state index in [0.29, 0.717) is 12.2 Å². The second-order valence-electron chi connectivity index (χ2n) is 3.71. The molecular formula is C15H14O2. The summed E-state index contributed by atoms with van der Waals surface area (Å²) in [5.41, 5.74) is 2.71. The number of rotatable bonds is 4. The predicted molar refractivity (Wildman–Crippen MR) is 68.4 cm³/mol. The van der Waals surface area contributed by atoms with Gasteiger partial charge in [-0.3, -0.25) is 4.79 Å². The van der Waals surface area contributed by atoms with E-state index in [0.717, 1.165) is 23.2 Å². The molecule has 0 saturated heterocycles. The SMILES string of the molecule is CCOc1cc(C=O)cc(-c2ccccc2)c1. The van der Waals surface area contributed by atoms with Crippen LogP contribution in [-0.4, -0.2) is 12.9 Å². The number of carbonyl (C=O) groups is 1. The van der Waals surface area contributed by atoms with Crippen LogP contribution >= 0.6 is 0 Å². The highest BCUT2D eigenvalue weighted by Crippen LogP contribution is 2.25. The Balaban J connectivity index is 2.46. The topological polar surface area (TPSA) is 26.3 Å². The Kier molecular flexibility index (Phi) is 3.55. The van der Waals surface area contributed by atoms with Crippen molar-refractivity contribution in [3.63, 3.8) is 0 Å². The van der Waals surface area contributed by atoms with Gasteiger partial charge in [-0.05, 0) is 36.2 Å². The van der Waals surface area contributed by atoms with Gasteiger partial charge in [-0.25, -0.2) is 0 Å². The molecule has 2 aromatic carbocycles. The largest absolute Gasteiger partial charge is 0.494 e. The predicted octanol–water partition coefficient (Wildman–Crippen LogP) is 3.56. The molecule has 2 nitrogen and oxygen atoms in total. The van der Waals surface area contributed by atoms with E-state index in [4.69, 9.17) is 4.74 Å². The molecular weight excluding hydrogens is 212 g/mol. The van der Waals surface area contributed by atoms with Crippen molar-refractivity contribution >= 4 is 6.29 Å². The minimum atomic E-state index is 0.594. The summed E-state index contributed by atoms with van der Waals surface area (Å²) in [6.07, 6.45) is 0.842. The molecule has 0 heterocycles. The van der Waals surface area contributed by atoms with E-state index in [1.54, 1.807) is 6.07 Å². The molecule has 0 bridgehead atoms. The van der Waals surface area contributed by atoms with Crippen molar-refractivity contribution in [2.24, 2.45) is 0 Å². The Hall–Kier alpha value is -2.09. The molecule has 0 aliphatic rings. The fourth-order valence-electron chi connectivity index (χ4n) is 1.74. The molecule has 0 radical (unpaired) electrons. The van der Waals surface area contributed by atoms with Gasteiger partial charge in [0.05, 0.1) is 6.61 Å². The lowest BCUT2D eigenvalue weighted by atomic mass is 10.0. The van der Waals surface area contributed by atoms with Gasteiger partial charge in [-0.15, -0.1) is 0 Å². The highest BCUT2D eigenvalue weighted by molar-refractivity contribution is 5.80. The number of benzene rings is 2. The normalized spacial score (nSPS) is 9.94. The third kappa shape index (κ3) is 2.72. The molecule has 0 aliphatic carbocycles. The lowest BCUT2D eigenvalue weighted by molar-refractivity contribution is 0.112. The van der Waals surface area contributed by atoms with Crippen LogP contribution in [0.1, 0.15) is 17.3 Å². The van der Waals surface area contributed by atoms with E-state index in [1.165, 1.54) is 0 Å². The van der Waals surface area contributed by atoms with Crippen molar-refractivity contribution < 1.29 is 9.53 Å². The van der Waals surface area contributed by atoms with Crippen LogP contribution in [0.5, 0.6) is 5.75 Å². The Labute approximate surface area is 101 Å². The fourth-order valence-corrected chi connectivity index (χ4v) is 1.74. The van der Waals surface area contributed by atoms with Gasteiger partial charge in [-0.1, -0.05) is 30.3 Å². The van der Waals surface area contributed by atoms with Gasteiger partial charge >= 0.3 is 0 Å². The smallest absolute Gasteiger partial charge is 0.150 e. The van der Waals surface area contributed by atoms with Crippen LogP contribution in [0.3, 0.4) is 0 Å². The van der Waals surface area contributed by atoms with E-state index in [2.05, 4.69) is 0 Å². The minimum absolute atomic E-state index is 0.594. The van der Waals surface area contributed by atoms with Crippen molar-refractivity contribution in [2.45, 2.75) is 6.92 Å². The van der Waals surface area contributed by atoms with Gasteiger partial charge < -0.3 is 4.74 Å². The molecule has 0 spiro atoms. The standard InChI is InChI=1S/C15H14O2/c1-2-17-15-9-12(11-16)8-14(10-15)13-6-4-3-5-7-13/h3-11H,2H2,1H3. The number of carbonyl (C=O) groups excluding carboxylic acids is 1. The van der Waals surface area contributed by atoms with Crippen LogP contribution in [0.2, 0.25) is 0 Å². The highest BCUT2D eigenvalue weighted by atomic mass is 16.5. The Morgan fingerprint density at radius 1 is 1.06 bits per heavy atom. The molecule has 0 N–H and O–H groups in total. The lowest BCUT2D eigenvalue weighted by Gasteiger charge is -2.07. The summed E-state index contributed by atoms with van der Waals surface area (Å²) in [5, 5.41) is 0. The molecule has 2 heteroatoms. The quantitative estimate of drug-likeness (QED) is 0.745. The molecule has 0 aromatic heterocycles. The molecule has 0 aliphatic heterocycles. The van der Waals surface area contributed by atoms with E-state index >= 15 is 0 Å². The average molecular weight is 226 g/mol. The average Bonchev–Trinajstić information content (AvgIpc) is 2.40. The molecule has 0 unspecified atom stereocenters. The Bertz CT molecular complexity index is 504. The summed E-state index contributed by atoms with van der Waals surface area (Å²) in [7, 11) is 0. The number of hydrogen-bond acceptors (Lipinski definition) is 2. The summed E-state index contributed by atoms with van der Waals surface area (Å²) in [6.45, 7) is 2.52. The summed E-state index contributed by atoms with van der Waals surface area (Å²) in [5.74, 6) is 0.732. The van der Waals surface area contributed by atoms with E-state index in [1.807, 2.05) is 49.4 Å². The fraction of sp³-hybridized carbons (Fsp3) is 0.133. The van der Waals surface area contributed by atoms with E-state index in [9.17, 15) is 4.79 Å². The van der Waals surface area contributed by atoms with Crippen LogP contribution in [0, 0.1) is 0 Å². The van der Waals surface area contributed by atoms with Gasteiger partial charge in [0.1, 0.15) is 12.0 Å². The molecule has 2 rings (SSSR count). The molecule has 0 saturated carbocycles. The van der Waals surface area contributed by atoms with Crippen molar-refractivity contribution in [3.8, 4) is 16.9 Å². The summed E-state index contributed by atoms with van der Waals surface area (Å²) < 4.78 is 5.45.